The summed E-state index contributed by atoms with van der Waals surface area (Å²) in [6, 6.07) is 8.05. The van der Waals surface area contributed by atoms with Crippen LogP contribution in [0.1, 0.15) is 47.2 Å². The highest BCUT2D eigenvalue weighted by atomic mass is 19.4. The molecule has 2 nitrogen and oxygen atoms in total. The maximum atomic E-state index is 13.4. The molecule has 0 saturated heterocycles. The van der Waals surface area contributed by atoms with E-state index in [-0.39, 0.29) is 17.5 Å². The Kier molecular flexibility index (Phi) is 5.86. The molecule has 0 saturated carbocycles. The first-order chi connectivity index (χ1) is 13.0. The minimum atomic E-state index is -5.97. The van der Waals surface area contributed by atoms with Crippen LogP contribution in [0.5, 0.6) is 0 Å². The van der Waals surface area contributed by atoms with Gasteiger partial charge in [-0.2, -0.15) is 26.3 Å². The van der Waals surface area contributed by atoms with Gasteiger partial charge < -0.3 is 10.2 Å². The Morgan fingerprint density at radius 3 is 1.45 bits per heavy atom. The van der Waals surface area contributed by atoms with Gasteiger partial charge in [-0.05, 0) is 50.8 Å². The van der Waals surface area contributed by atoms with Crippen LogP contribution >= 0.6 is 0 Å². The Hall–Kier alpha value is -2.06. The van der Waals surface area contributed by atoms with E-state index in [2.05, 4.69) is 0 Å². The van der Waals surface area contributed by atoms with Gasteiger partial charge in [-0.3, -0.25) is 0 Å². The molecule has 0 unspecified atom stereocenters. The third-order valence-corrected chi connectivity index (χ3v) is 4.78. The molecule has 0 heterocycles. The molecule has 29 heavy (non-hydrogen) atoms. The van der Waals surface area contributed by atoms with Crippen LogP contribution < -0.4 is 0 Å². The van der Waals surface area contributed by atoms with Gasteiger partial charge in [0.25, 0.3) is 5.60 Å². The molecule has 0 fully saturated rings. The molecule has 0 atom stereocenters. The topological polar surface area (TPSA) is 40.5 Å². The monoisotopic (exact) mass is 420 g/mol. The van der Waals surface area contributed by atoms with Crippen molar-refractivity contribution in [3.63, 3.8) is 0 Å². The normalized spacial score (nSPS) is 13.7. The van der Waals surface area contributed by atoms with Crippen molar-refractivity contribution in [1.82, 2.24) is 0 Å². The van der Waals surface area contributed by atoms with Gasteiger partial charge in [-0.25, -0.2) is 0 Å². The number of aliphatic hydroxyl groups is 2. The highest BCUT2D eigenvalue weighted by molar-refractivity contribution is 5.44. The number of hydrogen-bond donors (Lipinski definition) is 2. The Morgan fingerprint density at radius 1 is 0.690 bits per heavy atom. The predicted molar refractivity (Wildman–Crippen MR) is 96.4 cm³/mol. The molecule has 0 aromatic heterocycles. The van der Waals surface area contributed by atoms with Gasteiger partial charge in [0.2, 0.25) is 0 Å². The fourth-order valence-electron chi connectivity index (χ4n) is 3.27. The van der Waals surface area contributed by atoms with Crippen LogP contribution in [0.25, 0.3) is 0 Å². The first-order valence-electron chi connectivity index (χ1n) is 8.76. The molecule has 2 N–H and O–H groups in total. The van der Waals surface area contributed by atoms with Crippen LogP contribution in [0.2, 0.25) is 0 Å². The van der Waals surface area contributed by atoms with Crippen LogP contribution in [-0.4, -0.2) is 22.6 Å². The second-order valence-electron chi connectivity index (χ2n) is 7.76. The van der Waals surface area contributed by atoms with Gasteiger partial charge >= 0.3 is 12.4 Å². The fourth-order valence-corrected chi connectivity index (χ4v) is 3.27. The summed E-state index contributed by atoms with van der Waals surface area (Å²) in [4.78, 5) is 0. The van der Waals surface area contributed by atoms with Gasteiger partial charge in [0, 0.05) is 5.56 Å². The molecule has 0 aliphatic heterocycles. The van der Waals surface area contributed by atoms with E-state index in [9.17, 15) is 36.6 Å². The number of hydrogen-bond acceptors (Lipinski definition) is 2. The molecule has 160 valence electrons. The van der Waals surface area contributed by atoms with Crippen LogP contribution in [0.3, 0.4) is 0 Å². The molecule has 0 aliphatic carbocycles. The molecule has 2 aromatic carbocycles. The summed E-state index contributed by atoms with van der Waals surface area (Å²) in [5.41, 5.74) is -6.31. The number of benzene rings is 2. The lowest BCUT2D eigenvalue weighted by Gasteiger charge is -2.34. The van der Waals surface area contributed by atoms with Crippen molar-refractivity contribution >= 4 is 0 Å². The Labute approximate surface area is 164 Å². The minimum Gasteiger partial charge on any atom is -0.386 e. The number of alkyl halides is 6. The summed E-state index contributed by atoms with van der Waals surface area (Å²) in [6.07, 6.45) is -12.3. The second-order valence-corrected chi connectivity index (χ2v) is 7.76. The first kappa shape index (κ1) is 23.2. The smallest absolute Gasteiger partial charge is 0.386 e. The zero-order valence-electron chi connectivity index (χ0n) is 16.3. The summed E-state index contributed by atoms with van der Waals surface area (Å²) < 4.78 is 80.7. The van der Waals surface area contributed by atoms with E-state index in [1.54, 1.807) is 25.1 Å². The Bertz CT molecular complexity index is 878. The second kappa shape index (κ2) is 7.32. The van der Waals surface area contributed by atoms with Crippen LogP contribution in [0, 0.1) is 13.8 Å². The standard InChI is InChI=1S/C21H22F6O2/c1-12-5-7-14(16(9-12)18(3,4)28)11-15-8-6-13(2)10-17(15)19(29,20(22,23)24)21(25,26)27/h5-10,28-29H,11H2,1-4H3. The summed E-state index contributed by atoms with van der Waals surface area (Å²) >= 11 is 0. The van der Waals surface area contributed by atoms with Crippen LogP contribution in [0.15, 0.2) is 36.4 Å². The molecule has 0 bridgehead atoms. The molecular weight excluding hydrogens is 398 g/mol. The maximum absolute atomic E-state index is 13.4. The van der Waals surface area contributed by atoms with Crippen molar-refractivity contribution in [2.75, 3.05) is 0 Å². The SMILES string of the molecule is Cc1ccc(Cc2ccc(C)cc2C(O)(C(F)(F)F)C(F)(F)F)c(C(C)(C)O)c1. The van der Waals surface area contributed by atoms with Crippen LogP contribution in [-0.2, 0) is 17.6 Å². The van der Waals surface area contributed by atoms with Crippen LogP contribution in [0.4, 0.5) is 26.3 Å². The number of aryl methyl sites for hydroxylation is 2. The Balaban J connectivity index is 2.74. The van der Waals surface area contributed by atoms with Crippen molar-refractivity contribution in [3.8, 4) is 0 Å². The lowest BCUT2D eigenvalue weighted by atomic mass is 9.82. The van der Waals surface area contributed by atoms with E-state index in [4.69, 9.17) is 0 Å². The number of rotatable bonds is 4. The quantitative estimate of drug-likeness (QED) is 0.648. The van der Waals surface area contributed by atoms with Crippen molar-refractivity contribution in [1.29, 1.82) is 0 Å². The lowest BCUT2D eigenvalue weighted by molar-refractivity contribution is -0.376. The maximum Gasteiger partial charge on any atom is 0.430 e. The third-order valence-electron chi connectivity index (χ3n) is 4.78. The largest absolute Gasteiger partial charge is 0.430 e. The average Bonchev–Trinajstić information content (AvgIpc) is 2.54. The van der Waals surface area contributed by atoms with Gasteiger partial charge in [0.05, 0.1) is 5.60 Å². The van der Waals surface area contributed by atoms with Crippen molar-refractivity contribution in [3.05, 3.63) is 69.8 Å². The predicted octanol–water partition coefficient (Wildman–Crippen LogP) is 5.43. The molecule has 0 spiro atoms. The highest BCUT2D eigenvalue weighted by Crippen LogP contribution is 2.51. The van der Waals surface area contributed by atoms with Gasteiger partial charge in [0.1, 0.15) is 0 Å². The summed E-state index contributed by atoms with van der Waals surface area (Å²) in [5.74, 6) is 0. The van der Waals surface area contributed by atoms with Crippen molar-refractivity contribution in [2.45, 2.75) is 57.7 Å². The average molecular weight is 420 g/mol. The molecule has 2 aromatic rings. The fraction of sp³-hybridized carbons (Fsp3) is 0.429. The molecule has 8 heteroatoms. The Morgan fingerprint density at radius 2 is 1.07 bits per heavy atom. The molecular formula is C21H22F6O2. The summed E-state index contributed by atoms with van der Waals surface area (Å²) in [6.45, 7) is 6.04. The van der Waals surface area contributed by atoms with Crippen molar-refractivity contribution in [2.24, 2.45) is 0 Å². The van der Waals surface area contributed by atoms with E-state index in [0.29, 0.717) is 17.2 Å². The van der Waals surface area contributed by atoms with Gasteiger partial charge in [-0.15, -0.1) is 0 Å². The molecule has 0 radical (unpaired) electrons. The van der Waals surface area contributed by atoms with Gasteiger partial charge in [0.15, 0.2) is 0 Å². The van der Waals surface area contributed by atoms with E-state index in [0.717, 1.165) is 11.6 Å². The molecule has 0 aliphatic rings. The van der Waals surface area contributed by atoms with Crippen molar-refractivity contribution < 1.29 is 36.6 Å². The van der Waals surface area contributed by atoms with E-state index < -0.39 is 29.1 Å². The highest BCUT2D eigenvalue weighted by Gasteiger charge is 2.71. The lowest BCUT2D eigenvalue weighted by Crippen LogP contribution is -2.54. The third kappa shape index (κ3) is 4.43. The van der Waals surface area contributed by atoms with E-state index >= 15 is 0 Å². The number of halogens is 6. The van der Waals surface area contributed by atoms with E-state index in [1.165, 1.54) is 26.8 Å². The van der Waals surface area contributed by atoms with E-state index in [1.807, 2.05) is 0 Å². The zero-order valence-corrected chi connectivity index (χ0v) is 16.3. The first-order valence-corrected chi connectivity index (χ1v) is 8.76. The zero-order chi connectivity index (χ0) is 22.4. The molecule has 2 rings (SSSR count). The molecule has 0 amide bonds. The summed E-state index contributed by atoms with van der Waals surface area (Å²) in [5, 5.41) is 20.3. The van der Waals surface area contributed by atoms with Gasteiger partial charge in [-0.1, -0.05) is 47.5 Å². The minimum absolute atomic E-state index is 0.141. The summed E-state index contributed by atoms with van der Waals surface area (Å²) in [7, 11) is 0.